The third-order valence-corrected chi connectivity index (χ3v) is 4.19. The van der Waals surface area contributed by atoms with Crippen LogP contribution >= 0.6 is 24.0 Å². The van der Waals surface area contributed by atoms with E-state index < -0.39 is 0 Å². The molecule has 0 atom stereocenters. The summed E-state index contributed by atoms with van der Waals surface area (Å²) in [6.45, 7) is 3.60. The van der Waals surface area contributed by atoms with Crippen LogP contribution in [0.1, 0.15) is 63.9 Å². The van der Waals surface area contributed by atoms with E-state index in [0.29, 0.717) is 24.5 Å². The summed E-state index contributed by atoms with van der Waals surface area (Å²) in [7, 11) is 0. The van der Waals surface area contributed by atoms with Crippen molar-refractivity contribution in [3.63, 3.8) is 0 Å². The van der Waals surface area contributed by atoms with Crippen molar-refractivity contribution in [3.8, 4) is 5.88 Å². The number of nitrogens with zero attached hydrogens (tertiary/aromatic N) is 2. The van der Waals surface area contributed by atoms with E-state index in [4.69, 9.17) is 10.5 Å². The second kappa shape index (κ2) is 12.3. The first-order chi connectivity index (χ1) is 11.3. The van der Waals surface area contributed by atoms with Crippen LogP contribution in [0.4, 0.5) is 0 Å². The molecular formula is C18H31IN4O. The van der Waals surface area contributed by atoms with Crippen LogP contribution in [0.3, 0.4) is 0 Å². The van der Waals surface area contributed by atoms with E-state index in [-0.39, 0.29) is 24.0 Å². The van der Waals surface area contributed by atoms with Crippen molar-refractivity contribution in [1.82, 2.24) is 10.3 Å². The number of hydrogen-bond donors (Lipinski definition) is 2. The van der Waals surface area contributed by atoms with Crippen LogP contribution in [0.2, 0.25) is 0 Å². The maximum atomic E-state index is 6.02. The van der Waals surface area contributed by atoms with Crippen LogP contribution in [-0.2, 0) is 6.54 Å². The van der Waals surface area contributed by atoms with E-state index in [9.17, 15) is 0 Å². The summed E-state index contributed by atoms with van der Waals surface area (Å²) in [4.78, 5) is 8.77. The van der Waals surface area contributed by atoms with Gasteiger partial charge in [-0.3, -0.25) is 0 Å². The Morgan fingerprint density at radius 2 is 2.12 bits per heavy atom. The fourth-order valence-corrected chi connectivity index (χ4v) is 2.81. The van der Waals surface area contributed by atoms with Crippen molar-refractivity contribution in [3.05, 3.63) is 23.9 Å². The molecule has 1 fully saturated rings. The molecule has 3 N–H and O–H groups in total. The minimum Gasteiger partial charge on any atom is -0.474 e. The number of nitrogens with one attached hydrogen (secondary N) is 1. The number of unbranched alkanes of at least 4 members (excludes halogenated alkanes) is 3. The Hall–Kier alpha value is -1.05. The van der Waals surface area contributed by atoms with Gasteiger partial charge in [0.25, 0.3) is 0 Å². The summed E-state index contributed by atoms with van der Waals surface area (Å²) >= 11 is 0. The molecule has 0 unspecified atom stereocenters. The predicted octanol–water partition coefficient (Wildman–Crippen LogP) is 4.01. The van der Waals surface area contributed by atoms with Crippen LogP contribution in [-0.4, -0.2) is 23.6 Å². The van der Waals surface area contributed by atoms with E-state index in [1.54, 1.807) is 6.20 Å². The van der Waals surface area contributed by atoms with Gasteiger partial charge in [0.15, 0.2) is 5.96 Å². The molecule has 0 saturated heterocycles. The molecule has 0 spiro atoms. The molecule has 24 heavy (non-hydrogen) atoms. The van der Waals surface area contributed by atoms with E-state index in [1.807, 2.05) is 12.1 Å². The number of guanidine groups is 1. The average molecular weight is 446 g/mol. The number of hydrogen-bond acceptors (Lipinski definition) is 3. The largest absolute Gasteiger partial charge is 0.474 e. The van der Waals surface area contributed by atoms with Crippen LogP contribution in [0.25, 0.3) is 0 Å². The Labute approximate surface area is 162 Å². The average Bonchev–Trinajstić information content (AvgIpc) is 3.07. The van der Waals surface area contributed by atoms with Gasteiger partial charge in [0.05, 0.1) is 6.54 Å². The van der Waals surface area contributed by atoms with Crippen LogP contribution < -0.4 is 15.8 Å². The summed E-state index contributed by atoms with van der Waals surface area (Å²) in [5.41, 5.74) is 6.92. The summed E-state index contributed by atoms with van der Waals surface area (Å²) in [5.74, 6) is 1.20. The van der Waals surface area contributed by atoms with E-state index in [1.165, 1.54) is 32.1 Å². The van der Waals surface area contributed by atoms with E-state index in [0.717, 1.165) is 31.4 Å². The molecule has 0 aromatic carbocycles. The topological polar surface area (TPSA) is 72.5 Å². The second-order valence-corrected chi connectivity index (χ2v) is 6.18. The summed E-state index contributed by atoms with van der Waals surface area (Å²) in [5, 5.41) is 3.17. The number of nitrogens with two attached hydrogens (primary N) is 1. The molecule has 136 valence electrons. The molecule has 0 amide bonds. The minimum absolute atomic E-state index is 0. The molecule has 1 aliphatic carbocycles. The monoisotopic (exact) mass is 446 g/mol. The van der Waals surface area contributed by atoms with Gasteiger partial charge in [-0.15, -0.1) is 24.0 Å². The zero-order chi connectivity index (χ0) is 16.3. The molecule has 6 heteroatoms. The van der Waals surface area contributed by atoms with Gasteiger partial charge in [-0.2, -0.15) is 0 Å². The number of pyridine rings is 1. The molecule has 1 aliphatic rings. The normalized spacial score (nSPS) is 15.1. The predicted molar refractivity (Wildman–Crippen MR) is 110 cm³/mol. The number of halogens is 1. The van der Waals surface area contributed by atoms with Gasteiger partial charge in [-0.25, -0.2) is 9.98 Å². The van der Waals surface area contributed by atoms with Gasteiger partial charge in [0.2, 0.25) is 5.88 Å². The first kappa shape index (κ1) is 21.0. The number of aromatic nitrogens is 1. The highest BCUT2D eigenvalue weighted by molar-refractivity contribution is 14.0. The Morgan fingerprint density at radius 3 is 2.88 bits per heavy atom. The summed E-state index contributed by atoms with van der Waals surface area (Å²) < 4.78 is 6.02. The highest BCUT2D eigenvalue weighted by Crippen LogP contribution is 2.25. The molecule has 1 saturated carbocycles. The molecule has 1 aromatic heterocycles. The fraction of sp³-hybridized carbons (Fsp3) is 0.667. The Kier molecular flexibility index (Phi) is 10.8. The molecular weight excluding hydrogens is 415 g/mol. The number of aliphatic imine (C=N–C) groups is 1. The highest BCUT2D eigenvalue weighted by atomic mass is 127. The molecule has 1 heterocycles. The van der Waals surface area contributed by atoms with Crippen LogP contribution in [0.5, 0.6) is 5.88 Å². The minimum atomic E-state index is 0. The lowest BCUT2D eigenvalue weighted by atomic mass is 10.2. The summed E-state index contributed by atoms with van der Waals surface area (Å²) in [6, 6.07) is 3.93. The lowest BCUT2D eigenvalue weighted by Crippen LogP contribution is -2.32. The maximum absolute atomic E-state index is 6.02. The van der Waals surface area contributed by atoms with Crippen molar-refractivity contribution in [1.29, 1.82) is 0 Å². The van der Waals surface area contributed by atoms with Crippen molar-refractivity contribution in [2.75, 3.05) is 6.54 Å². The third kappa shape index (κ3) is 7.68. The molecule has 0 bridgehead atoms. The maximum Gasteiger partial charge on any atom is 0.218 e. The quantitative estimate of drug-likeness (QED) is 0.260. The molecule has 0 aliphatic heterocycles. The van der Waals surface area contributed by atoms with Crippen molar-refractivity contribution < 1.29 is 4.74 Å². The SMILES string of the molecule is CCCCCCNC(N)=NCc1cccnc1OC1CCCC1.I. The first-order valence-corrected chi connectivity index (χ1v) is 8.94. The number of ether oxygens (including phenoxy) is 1. The Morgan fingerprint density at radius 1 is 1.33 bits per heavy atom. The third-order valence-electron chi connectivity index (χ3n) is 4.19. The van der Waals surface area contributed by atoms with E-state index >= 15 is 0 Å². The lowest BCUT2D eigenvalue weighted by molar-refractivity contribution is 0.199. The van der Waals surface area contributed by atoms with Crippen molar-refractivity contribution in [2.45, 2.75) is 70.9 Å². The van der Waals surface area contributed by atoms with Gasteiger partial charge >= 0.3 is 0 Å². The summed E-state index contributed by atoms with van der Waals surface area (Å²) in [6.07, 6.45) is 11.7. The zero-order valence-electron chi connectivity index (χ0n) is 14.7. The molecule has 5 nitrogen and oxygen atoms in total. The van der Waals surface area contributed by atoms with Gasteiger partial charge in [0.1, 0.15) is 6.10 Å². The second-order valence-electron chi connectivity index (χ2n) is 6.18. The standard InChI is InChI=1S/C18H30N4O.HI/c1-2-3-4-7-12-21-18(19)22-14-15-9-8-13-20-17(15)23-16-10-5-6-11-16;/h8-9,13,16H,2-7,10-12,14H2,1H3,(H3,19,21,22);1H. The van der Waals surface area contributed by atoms with Gasteiger partial charge in [-0.05, 0) is 38.2 Å². The Bertz CT molecular complexity index is 490. The highest BCUT2D eigenvalue weighted by Gasteiger charge is 2.18. The van der Waals surface area contributed by atoms with Gasteiger partial charge < -0.3 is 15.8 Å². The molecule has 2 rings (SSSR count). The zero-order valence-corrected chi connectivity index (χ0v) is 17.0. The van der Waals surface area contributed by atoms with Crippen molar-refractivity contribution >= 4 is 29.9 Å². The van der Waals surface area contributed by atoms with Gasteiger partial charge in [-0.1, -0.05) is 32.3 Å². The van der Waals surface area contributed by atoms with Gasteiger partial charge in [0, 0.05) is 18.3 Å². The molecule has 0 radical (unpaired) electrons. The smallest absolute Gasteiger partial charge is 0.218 e. The van der Waals surface area contributed by atoms with E-state index in [2.05, 4.69) is 22.2 Å². The fourth-order valence-electron chi connectivity index (χ4n) is 2.81. The Balaban J connectivity index is 0.00000288. The van der Waals surface area contributed by atoms with Crippen LogP contribution in [0, 0.1) is 0 Å². The van der Waals surface area contributed by atoms with Crippen LogP contribution in [0.15, 0.2) is 23.3 Å². The lowest BCUT2D eigenvalue weighted by Gasteiger charge is -2.14. The first-order valence-electron chi connectivity index (χ1n) is 8.94. The number of rotatable bonds is 9. The molecule has 1 aromatic rings. The van der Waals surface area contributed by atoms with Crippen molar-refractivity contribution in [2.24, 2.45) is 10.7 Å².